The molecule has 31 heavy (non-hydrogen) atoms. The standard InChI is InChI=1S/C19H37N5O7/c1-19(27)7-28-18(13(26)16(19)24-2)31-15-11(23)5-10(22)14(12(15)25)30-17-9(21)4-3-8(6-20)29-17/h3,9-18,24-27H,4-7,20-23H2,1-2H3/t9-,10-,11-,12+,13+,14-,15+,16+,17+,18-,19+/m1/s1. The quantitative estimate of drug-likeness (QED) is 0.196. The smallest absolute Gasteiger partial charge is 0.215 e. The Hall–Kier alpha value is -0.900. The monoisotopic (exact) mass is 447 g/mol. The van der Waals surface area contributed by atoms with Crippen LogP contribution < -0.4 is 28.3 Å². The van der Waals surface area contributed by atoms with Gasteiger partial charge in [0.25, 0.3) is 0 Å². The van der Waals surface area contributed by atoms with Gasteiger partial charge in [0.1, 0.15) is 35.8 Å². The van der Waals surface area contributed by atoms with Gasteiger partial charge >= 0.3 is 0 Å². The van der Waals surface area contributed by atoms with E-state index in [0.29, 0.717) is 18.6 Å². The summed E-state index contributed by atoms with van der Waals surface area (Å²) in [5.74, 6) is 0.555. The normalized spacial score (nSPS) is 48.7. The summed E-state index contributed by atoms with van der Waals surface area (Å²) >= 11 is 0. The lowest BCUT2D eigenvalue weighted by Crippen LogP contribution is -2.68. The third kappa shape index (κ3) is 5.20. The fourth-order valence-electron chi connectivity index (χ4n) is 4.44. The van der Waals surface area contributed by atoms with Crippen LogP contribution in [0, 0.1) is 0 Å². The number of ether oxygens (including phenoxy) is 4. The Bertz CT molecular complexity index is 639. The molecule has 0 unspecified atom stereocenters. The average Bonchev–Trinajstić information content (AvgIpc) is 2.71. The van der Waals surface area contributed by atoms with Crippen molar-refractivity contribution in [2.24, 2.45) is 22.9 Å². The summed E-state index contributed by atoms with van der Waals surface area (Å²) < 4.78 is 23.1. The highest BCUT2D eigenvalue weighted by molar-refractivity contribution is 5.04. The second-order valence-electron chi connectivity index (χ2n) is 8.81. The maximum absolute atomic E-state index is 11.0. The molecule has 1 aliphatic carbocycles. The van der Waals surface area contributed by atoms with E-state index in [4.69, 9.17) is 41.9 Å². The largest absolute Gasteiger partial charge is 0.467 e. The van der Waals surface area contributed by atoms with E-state index in [1.54, 1.807) is 20.0 Å². The summed E-state index contributed by atoms with van der Waals surface area (Å²) in [6, 6.07) is -2.37. The lowest BCUT2D eigenvalue weighted by Gasteiger charge is -2.48. The second kappa shape index (κ2) is 9.93. The maximum Gasteiger partial charge on any atom is 0.215 e. The molecule has 1 saturated carbocycles. The zero-order valence-corrected chi connectivity index (χ0v) is 18.0. The molecular weight excluding hydrogens is 410 g/mol. The number of aliphatic hydroxyl groups is 3. The molecule has 180 valence electrons. The fourth-order valence-corrected chi connectivity index (χ4v) is 4.44. The number of aliphatic hydroxyl groups excluding tert-OH is 2. The molecule has 12 heteroatoms. The van der Waals surface area contributed by atoms with Crippen LogP contribution in [0.3, 0.4) is 0 Å². The van der Waals surface area contributed by atoms with E-state index in [0.717, 1.165) is 0 Å². The predicted molar refractivity (Wildman–Crippen MR) is 110 cm³/mol. The van der Waals surface area contributed by atoms with Gasteiger partial charge in [0.15, 0.2) is 6.29 Å². The van der Waals surface area contributed by atoms with Crippen LogP contribution in [-0.4, -0.2) is 102 Å². The molecule has 3 rings (SSSR count). The Morgan fingerprint density at radius 1 is 1.10 bits per heavy atom. The van der Waals surface area contributed by atoms with Crippen molar-refractivity contribution in [1.29, 1.82) is 0 Å². The highest BCUT2D eigenvalue weighted by Crippen LogP contribution is 2.31. The molecule has 0 bridgehead atoms. The van der Waals surface area contributed by atoms with Crippen LogP contribution >= 0.6 is 0 Å². The maximum atomic E-state index is 11.0. The highest BCUT2D eigenvalue weighted by atomic mass is 16.7. The molecule has 2 aliphatic heterocycles. The van der Waals surface area contributed by atoms with Crippen LogP contribution in [0.1, 0.15) is 19.8 Å². The van der Waals surface area contributed by atoms with Gasteiger partial charge in [-0.1, -0.05) is 0 Å². The van der Waals surface area contributed by atoms with Crippen molar-refractivity contribution in [3.63, 3.8) is 0 Å². The first-order chi connectivity index (χ1) is 14.6. The minimum absolute atomic E-state index is 0.0727. The summed E-state index contributed by atoms with van der Waals surface area (Å²) in [4.78, 5) is 0. The Morgan fingerprint density at radius 2 is 1.71 bits per heavy atom. The van der Waals surface area contributed by atoms with E-state index >= 15 is 0 Å². The minimum atomic E-state index is -1.29. The van der Waals surface area contributed by atoms with Crippen molar-refractivity contribution in [3.8, 4) is 0 Å². The van der Waals surface area contributed by atoms with Crippen molar-refractivity contribution in [2.75, 3.05) is 20.2 Å². The van der Waals surface area contributed by atoms with Crippen molar-refractivity contribution in [2.45, 2.75) is 86.5 Å². The summed E-state index contributed by atoms with van der Waals surface area (Å²) in [6.07, 6.45) is -3.56. The van der Waals surface area contributed by atoms with Gasteiger partial charge in [-0.15, -0.1) is 0 Å². The summed E-state index contributed by atoms with van der Waals surface area (Å²) in [5.41, 5.74) is 22.9. The lowest BCUT2D eigenvalue weighted by atomic mass is 9.84. The Labute approximate surface area is 181 Å². The predicted octanol–water partition coefficient (Wildman–Crippen LogP) is -3.85. The van der Waals surface area contributed by atoms with E-state index < -0.39 is 66.8 Å². The molecule has 0 spiro atoms. The van der Waals surface area contributed by atoms with E-state index in [1.165, 1.54) is 0 Å². The molecule has 12 N–H and O–H groups in total. The molecule has 12 nitrogen and oxygen atoms in total. The molecule has 2 fully saturated rings. The Balaban J connectivity index is 1.69. The highest BCUT2D eigenvalue weighted by Gasteiger charge is 2.50. The first-order valence-corrected chi connectivity index (χ1v) is 10.6. The zero-order chi connectivity index (χ0) is 22.9. The Morgan fingerprint density at radius 3 is 2.29 bits per heavy atom. The first-order valence-electron chi connectivity index (χ1n) is 10.6. The van der Waals surface area contributed by atoms with Gasteiger partial charge in [-0.25, -0.2) is 0 Å². The number of likely N-dealkylation sites (N-methyl/N-ethyl adjacent to an activating group) is 1. The van der Waals surface area contributed by atoms with Gasteiger partial charge in [0.05, 0.1) is 25.2 Å². The molecule has 0 aromatic rings. The van der Waals surface area contributed by atoms with Crippen molar-refractivity contribution in [3.05, 3.63) is 11.8 Å². The molecule has 0 aromatic heterocycles. The molecule has 2 heterocycles. The molecule has 0 aromatic carbocycles. The van der Waals surface area contributed by atoms with Crippen LogP contribution in [0.5, 0.6) is 0 Å². The van der Waals surface area contributed by atoms with Gasteiger partial charge in [-0.05, 0) is 32.9 Å². The summed E-state index contributed by atoms with van der Waals surface area (Å²) in [6.45, 7) is 1.68. The Kier molecular flexibility index (Phi) is 7.92. The molecular formula is C19H37N5O7. The van der Waals surface area contributed by atoms with E-state index in [9.17, 15) is 15.3 Å². The zero-order valence-electron chi connectivity index (χ0n) is 18.0. The average molecular weight is 448 g/mol. The molecule has 0 radical (unpaired) electrons. The molecule has 0 amide bonds. The van der Waals surface area contributed by atoms with E-state index in [-0.39, 0.29) is 13.2 Å². The number of rotatable bonds is 6. The summed E-state index contributed by atoms with van der Waals surface area (Å²) in [7, 11) is 1.62. The SMILES string of the molecule is CN[C@H]1[C@H](O)[C@@H](O[C@@H]2[C@@H](O)[C@H](O[C@@H]3OC(CN)=CC[C@H]3N)[C@H](N)C[C@H]2N)OC[C@]1(C)O. The van der Waals surface area contributed by atoms with Gasteiger partial charge in [-0.3, -0.25) is 0 Å². The number of hydrogen-bond acceptors (Lipinski definition) is 12. The topological polar surface area (TPSA) is 214 Å². The van der Waals surface area contributed by atoms with E-state index in [1.807, 2.05) is 0 Å². The second-order valence-corrected chi connectivity index (χ2v) is 8.81. The third-order valence-corrected chi connectivity index (χ3v) is 6.22. The molecule has 1 saturated heterocycles. The third-order valence-electron chi connectivity index (χ3n) is 6.22. The van der Waals surface area contributed by atoms with Gasteiger partial charge in [-0.2, -0.15) is 0 Å². The van der Waals surface area contributed by atoms with Gasteiger partial charge < -0.3 is 62.5 Å². The van der Waals surface area contributed by atoms with Crippen molar-refractivity contribution >= 4 is 0 Å². The van der Waals surface area contributed by atoms with Crippen LogP contribution in [-0.2, 0) is 18.9 Å². The van der Waals surface area contributed by atoms with Crippen LogP contribution in [0.4, 0.5) is 0 Å². The first kappa shape index (κ1) is 24.7. The van der Waals surface area contributed by atoms with Crippen molar-refractivity contribution in [1.82, 2.24) is 5.32 Å². The number of hydrogen-bond donors (Lipinski definition) is 8. The van der Waals surface area contributed by atoms with Crippen LogP contribution in [0.15, 0.2) is 11.8 Å². The van der Waals surface area contributed by atoms with Gasteiger partial charge in [0.2, 0.25) is 6.29 Å². The lowest BCUT2D eigenvalue weighted by molar-refractivity contribution is -0.303. The molecule has 3 aliphatic rings. The minimum Gasteiger partial charge on any atom is -0.467 e. The van der Waals surface area contributed by atoms with E-state index in [2.05, 4.69) is 5.32 Å². The van der Waals surface area contributed by atoms with Gasteiger partial charge in [0, 0.05) is 12.1 Å². The number of nitrogens with two attached hydrogens (primary N) is 4. The summed E-state index contributed by atoms with van der Waals surface area (Å²) in [5, 5.41) is 34.9. The van der Waals surface area contributed by atoms with Crippen LogP contribution in [0.2, 0.25) is 0 Å². The fraction of sp³-hybridized carbons (Fsp3) is 0.895. The van der Waals surface area contributed by atoms with Crippen molar-refractivity contribution < 1.29 is 34.3 Å². The number of nitrogens with one attached hydrogen (secondary N) is 1. The molecule has 11 atom stereocenters. The van der Waals surface area contributed by atoms with Crippen LogP contribution in [0.25, 0.3) is 0 Å².